The molecule has 1 aliphatic heterocycles. The van der Waals surface area contributed by atoms with Crippen LogP contribution < -0.4 is 0 Å². The normalized spacial score (nSPS) is 14.4. The van der Waals surface area contributed by atoms with E-state index in [0.29, 0.717) is 13.0 Å². The summed E-state index contributed by atoms with van der Waals surface area (Å²) in [4.78, 5) is 0. The first-order valence-corrected chi connectivity index (χ1v) is 4.42. The maximum absolute atomic E-state index is 8.75. The molecule has 0 saturated carbocycles. The van der Waals surface area contributed by atoms with E-state index in [9.17, 15) is 0 Å². The van der Waals surface area contributed by atoms with Crippen LogP contribution >= 0.6 is 0 Å². The van der Waals surface area contributed by atoms with Gasteiger partial charge in [-0.15, -0.1) is 0 Å². The lowest BCUT2D eigenvalue weighted by Gasteiger charge is -2.17. The highest BCUT2D eigenvalue weighted by Gasteiger charge is 2.09. The topological polar surface area (TPSA) is 29.5 Å². The minimum atomic E-state index is 0.147. The summed E-state index contributed by atoms with van der Waals surface area (Å²) in [6, 6.07) is 8.14. The molecule has 0 amide bonds. The van der Waals surface area contributed by atoms with Crippen molar-refractivity contribution < 1.29 is 9.84 Å². The zero-order chi connectivity index (χ0) is 9.10. The predicted octanol–water partition coefficient (Wildman–Crippen LogP) is 1.94. The van der Waals surface area contributed by atoms with Crippen molar-refractivity contribution in [3.63, 3.8) is 0 Å². The summed E-state index contributed by atoms with van der Waals surface area (Å²) in [5.41, 5.74) is 2.42. The number of hydrogen-bond donors (Lipinski definition) is 1. The van der Waals surface area contributed by atoms with Gasteiger partial charge in [0.15, 0.2) is 0 Å². The first-order valence-electron chi connectivity index (χ1n) is 4.42. The molecule has 1 aliphatic rings. The van der Waals surface area contributed by atoms with E-state index < -0.39 is 0 Å². The van der Waals surface area contributed by atoms with Crippen LogP contribution in [0.2, 0.25) is 0 Å². The lowest BCUT2D eigenvalue weighted by atomic mass is 10.1. The summed E-state index contributed by atoms with van der Waals surface area (Å²) in [7, 11) is 0. The van der Waals surface area contributed by atoms with Crippen molar-refractivity contribution in [2.75, 3.05) is 6.61 Å². The van der Waals surface area contributed by atoms with Gasteiger partial charge in [0, 0.05) is 6.42 Å². The van der Waals surface area contributed by atoms with Gasteiger partial charge in [0.05, 0.1) is 12.4 Å². The first-order chi connectivity index (χ1) is 6.40. The Labute approximate surface area is 77.5 Å². The molecule has 13 heavy (non-hydrogen) atoms. The Morgan fingerprint density at radius 1 is 1.31 bits per heavy atom. The quantitative estimate of drug-likeness (QED) is 0.746. The van der Waals surface area contributed by atoms with Gasteiger partial charge >= 0.3 is 0 Å². The molecule has 0 aliphatic carbocycles. The van der Waals surface area contributed by atoms with Gasteiger partial charge in [-0.25, -0.2) is 0 Å². The maximum Gasteiger partial charge on any atom is 0.113 e. The third kappa shape index (κ3) is 1.73. The van der Waals surface area contributed by atoms with Crippen LogP contribution in [0.5, 0.6) is 0 Å². The molecule has 2 nitrogen and oxygen atoms in total. The Bertz CT molecular complexity index is 329. The molecule has 0 unspecified atom stereocenters. The number of aliphatic hydroxyl groups is 1. The average Bonchev–Trinajstić information content (AvgIpc) is 2.18. The van der Waals surface area contributed by atoms with Crippen molar-refractivity contribution in [2.45, 2.75) is 13.0 Å². The smallest absolute Gasteiger partial charge is 0.113 e. The summed E-state index contributed by atoms with van der Waals surface area (Å²) in [5, 5.41) is 8.75. The van der Waals surface area contributed by atoms with Crippen molar-refractivity contribution in [1.82, 2.24) is 0 Å². The highest BCUT2D eigenvalue weighted by molar-refractivity contribution is 5.56. The van der Waals surface area contributed by atoms with Crippen LogP contribution in [0.3, 0.4) is 0 Å². The monoisotopic (exact) mass is 176 g/mol. The highest BCUT2D eigenvalue weighted by atomic mass is 16.5. The average molecular weight is 176 g/mol. The molecule has 0 saturated heterocycles. The van der Waals surface area contributed by atoms with Gasteiger partial charge in [0.1, 0.15) is 6.61 Å². The molecular formula is C11H12O2. The van der Waals surface area contributed by atoms with Gasteiger partial charge in [-0.1, -0.05) is 24.3 Å². The largest absolute Gasteiger partial charge is 0.493 e. The van der Waals surface area contributed by atoms with E-state index in [0.717, 1.165) is 5.76 Å². The van der Waals surface area contributed by atoms with E-state index in [2.05, 4.69) is 12.1 Å². The van der Waals surface area contributed by atoms with Crippen molar-refractivity contribution in [2.24, 2.45) is 0 Å². The number of aliphatic hydroxyl groups excluding tert-OH is 1. The molecular weight excluding hydrogens is 164 g/mol. The van der Waals surface area contributed by atoms with Crippen LogP contribution in [0.15, 0.2) is 30.0 Å². The van der Waals surface area contributed by atoms with Crippen LogP contribution in [-0.2, 0) is 11.3 Å². The van der Waals surface area contributed by atoms with E-state index in [1.807, 2.05) is 18.2 Å². The van der Waals surface area contributed by atoms with Crippen LogP contribution in [0, 0.1) is 0 Å². The van der Waals surface area contributed by atoms with Gasteiger partial charge < -0.3 is 9.84 Å². The van der Waals surface area contributed by atoms with E-state index in [1.54, 1.807) is 0 Å². The summed E-state index contributed by atoms with van der Waals surface area (Å²) in [5.74, 6) is 0.876. The second-order valence-corrected chi connectivity index (χ2v) is 3.07. The fraction of sp³-hybridized carbons (Fsp3) is 0.273. The fourth-order valence-electron chi connectivity index (χ4n) is 1.45. The SMILES string of the molecule is OCCC1=Cc2ccccc2CO1. The molecule has 0 atom stereocenters. The number of hydrogen-bond acceptors (Lipinski definition) is 2. The molecule has 1 heterocycles. The van der Waals surface area contributed by atoms with Crippen LogP contribution in [0.25, 0.3) is 6.08 Å². The number of ether oxygens (including phenoxy) is 1. The molecule has 0 spiro atoms. The van der Waals surface area contributed by atoms with Crippen molar-refractivity contribution in [3.05, 3.63) is 41.2 Å². The van der Waals surface area contributed by atoms with E-state index >= 15 is 0 Å². The summed E-state index contributed by atoms with van der Waals surface area (Å²) >= 11 is 0. The summed E-state index contributed by atoms with van der Waals surface area (Å²) in [6.45, 7) is 0.774. The first kappa shape index (κ1) is 8.32. The Hall–Kier alpha value is -1.28. The molecule has 68 valence electrons. The standard InChI is InChI=1S/C11H12O2/c12-6-5-11-7-9-3-1-2-4-10(9)8-13-11/h1-4,7,12H,5-6,8H2. The van der Waals surface area contributed by atoms with Gasteiger partial charge in [0.2, 0.25) is 0 Å². The molecule has 1 aromatic rings. The minimum Gasteiger partial charge on any atom is -0.493 e. The molecule has 0 fully saturated rings. The Kier molecular flexibility index (Phi) is 2.32. The Morgan fingerprint density at radius 2 is 2.15 bits per heavy atom. The van der Waals surface area contributed by atoms with Gasteiger partial charge in [0.25, 0.3) is 0 Å². The molecule has 1 aromatic carbocycles. The van der Waals surface area contributed by atoms with Crippen LogP contribution in [0.4, 0.5) is 0 Å². The van der Waals surface area contributed by atoms with E-state index in [-0.39, 0.29) is 6.61 Å². The third-order valence-corrected chi connectivity index (χ3v) is 2.14. The molecule has 0 radical (unpaired) electrons. The molecule has 2 rings (SSSR count). The van der Waals surface area contributed by atoms with Crippen LogP contribution in [-0.4, -0.2) is 11.7 Å². The lowest BCUT2D eigenvalue weighted by molar-refractivity contribution is 0.170. The summed E-state index contributed by atoms with van der Waals surface area (Å²) < 4.78 is 5.45. The fourth-order valence-corrected chi connectivity index (χ4v) is 1.45. The number of fused-ring (bicyclic) bond motifs is 1. The predicted molar refractivity (Wildman–Crippen MR) is 50.9 cm³/mol. The Morgan fingerprint density at radius 3 is 3.00 bits per heavy atom. The minimum absolute atomic E-state index is 0.147. The second-order valence-electron chi connectivity index (χ2n) is 3.07. The van der Waals surface area contributed by atoms with Crippen molar-refractivity contribution >= 4 is 6.08 Å². The maximum atomic E-state index is 8.75. The highest BCUT2D eigenvalue weighted by Crippen LogP contribution is 2.22. The van der Waals surface area contributed by atoms with Gasteiger partial charge in [-0.2, -0.15) is 0 Å². The van der Waals surface area contributed by atoms with Gasteiger partial charge in [-0.05, 0) is 17.2 Å². The zero-order valence-corrected chi connectivity index (χ0v) is 7.36. The zero-order valence-electron chi connectivity index (χ0n) is 7.36. The third-order valence-electron chi connectivity index (χ3n) is 2.14. The Balaban J connectivity index is 2.28. The van der Waals surface area contributed by atoms with Gasteiger partial charge in [-0.3, -0.25) is 0 Å². The second kappa shape index (κ2) is 3.62. The summed E-state index contributed by atoms with van der Waals surface area (Å²) in [6.07, 6.45) is 2.60. The molecule has 0 aromatic heterocycles. The van der Waals surface area contributed by atoms with E-state index in [1.165, 1.54) is 11.1 Å². The molecule has 1 N–H and O–H groups in total. The van der Waals surface area contributed by atoms with E-state index in [4.69, 9.17) is 9.84 Å². The van der Waals surface area contributed by atoms with Crippen molar-refractivity contribution in [1.29, 1.82) is 0 Å². The van der Waals surface area contributed by atoms with Crippen molar-refractivity contribution in [3.8, 4) is 0 Å². The van der Waals surface area contributed by atoms with Crippen LogP contribution in [0.1, 0.15) is 17.5 Å². The lowest BCUT2D eigenvalue weighted by Crippen LogP contribution is -2.03. The molecule has 0 bridgehead atoms. The number of rotatable bonds is 2. The number of benzene rings is 1. The molecule has 2 heteroatoms.